The molecule has 112 valence electrons. The van der Waals surface area contributed by atoms with Gasteiger partial charge in [0.2, 0.25) is 0 Å². The summed E-state index contributed by atoms with van der Waals surface area (Å²) in [5, 5.41) is 12.2. The van der Waals surface area contributed by atoms with Crippen LogP contribution in [0.2, 0.25) is 0 Å². The summed E-state index contributed by atoms with van der Waals surface area (Å²) < 4.78 is 18.6. The minimum Gasteiger partial charge on any atom is -0.491 e. The van der Waals surface area contributed by atoms with Crippen molar-refractivity contribution in [2.24, 2.45) is 0 Å². The van der Waals surface area contributed by atoms with Crippen LogP contribution in [0, 0.1) is 5.82 Å². The maximum absolute atomic E-state index is 13.3. The van der Waals surface area contributed by atoms with Gasteiger partial charge in [-0.25, -0.2) is 4.39 Å². The van der Waals surface area contributed by atoms with E-state index in [2.05, 4.69) is 5.32 Å². The van der Waals surface area contributed by atoms with Gasteiger partial charge in [0.05, 0.1) is 6.61 Å². The van der Waals surface area contributed by atoms with Crippen molar-refractivity contribution in [1.82, 2.24) is 5.32 Å². The Balaban J connectivity index is 2.31. The van der Waals surface area contributed by atoms with E-state index in [-0.39, 0.29) is 11.6 Å². The molecule has 0 amide bonds. The Labute approximate surface area is 119 Å². The molecular formula is C15H22FNO3. The molecule has 0 heterocycles. The fraction of sp³-hybridized carbons (Fsp3) is 0.533. The van der Waals surface area contributed by atoms with Gasteiger partial charge in [0.1, 0.15) is 5.54 Å². The van der Waals surface area contributed by atoms with Gasteiger partial charge in [0.15, 0.2) is 11.6 Å². The Morgan fingerprint density at radius 3 is 2.70 bits per heavy atom. The van der Waals surface area contributed by atoms with Crippen LogP contribution in [0.3, 0.4) is 0 Å². The third-order valence-electron chi connectivity index (χ3n) is 3.20. The lowest BCUT2D eigenvalue weighted by atomic mass is 9.95. The lowest BCUT2D eigenvalue weighted by Crippen LogP contribution is -2.49. The van der Waals surface area contributed by atoms with Crippen molar-refractivity contribution in [3.05, 3.63) is 30.1 Å². The molecular weight excluding hydrogens is 261 g/mol. The van der Waals surface area contributed by atoms with Crippen LogP contribution in [-0.2, 0) is 4.79 Å². The zero-order valence-corrected chi connectivity index (χ0v) is 12.0. The van der Waals surface area contributed by atoms with Gasteiger partial charge in [-0.3, -0.25) is 4.79 Å². The number of carboxylic acid groups (broad SMARTS) is 1. The summed E-state index contributed by atoms with van der Waals surface area (Å²) in [6, 6.07) is 6.25. The monoisotopic (exact) mass is 283 g/mol. The molecule has 20 heavy (non-hydrogen) atoms. The van der Waals surface area contributed by atoms with Gasteiger partial charge >= 0.3 is 5.97 Å². The molecule has 5 heteroatoms. The average Bonchev–Trinajstić information content (AvgIpc) is 2.40. The SMILES string of the molecule is CCNC(C)(CCCCOc1ccccc1F)C(=O)O. The molecule has 4 nitrogen and oxygen atoms in total. The molecule has 1 aromatic rings. The molecule has 0 aromatic heterocycles. The second kappa shape index (κ2) is 7.85. The van der Waals surface area contributed by atoms with Crippen LogP contribution in [0.5, 0.6) is 5.75 Å². The maximum Gasteiger partial charge on any atom is 0.323 e. The fourth-order valence-electron chi connectivity index (χ4n) is 1.99. The van der Waals surface area contributed by atoms with E-state index in [4.69, 9.17) is 4.74 Å². The third kappa shape index (κ3) is 4.81. The van der Waals surface area contributed by atoms with Crippen LogP contribution in [-0.4, -0.2) is 29.8 Å². The van der Waals surface area contributed by atoms with Gasteiger partial charge in [0, 0.05) is 0 Å². The molecule has 1 unspecified atom stereocenters. The summed E-state index contributed by atoms with van der Waals surface area (Å²) in [5.41, 5.74) is -0.910. The Morgan fingerprint density at radius 2 is 2.10 bits per heavy atom. The van der Waals surface area contributed by atoms with Crippen LogP contribution in [0.4, 0.5) is 4.39 Å². The molecule has 0 aliphatic carbocycles. The van der Waals surface area contributed by atoms with E-state index in [9.17, 15) is 14.3 Å². The third-order valence-corrected chi connectivity index (χ3v) is 3.20. The number of hydrogen-bond donors (Lipinski definition) is 2. The number of carboxylic acids is 1. The number of para-hydroxylation sites is 1. The van der Waals surface area contributed by atoms with Crippen LogP contribution in [0.15, 0.2) is 24.3 Å². The van der Waals surface area contributed by atoms with E-state index in [1.807, 2.05) is 6.92 Å². The zero-order chi connectivity index (χ0) is 15.0. The molecule has 1 atom stereocenters. The second-order valence-corrected chi connectivity index (χ2v) is 4.90. The topological polar surface area (TPSA) is 58.6 Å². The normalized spacial score (nSPS) is 13.8. The highest BCUT2D eigenvalue weighted by atomic mass is 19.1. The lowest BCUT2D eigenvalue weighted by Gasteiger charge is -2.25. The van der Waals surface area contributed by atoms with E-state index in [0.717, 1.165) is 0 Å². The highest BCUT2D eigenvalue weighted by Gasteiger charge is 2.30. The summed E-state index contributed by atoms with van der Waals surface area (Å²) >= 11 is 0. The van der Waals surface area contributed by atoms with Crippen LogP contribution in [0.25, 0.3) is 0 Å². The van der Waals surface area contributed by atoms with E-state index in [0.29, 0.717) is 32.4 Å². The van der Waals surface area contributed by atoms with Gasteiger partial charge < -0.3 is 15.2 Å². The second-order valence-electron chi connectivity index (χ2n) is 4.90. The predicted molar refractivity (Wildman–Crippen MR) is 75.5 cm³/mol. The number of aliphatic carboxylic acids is 1. The molecule has 0 radical (unpaired) electrons. The van der Waals surface area contributed by atoms with Crippen molar-refractivity contribution in [3.8, 4) is 5.75 Å². The van der Waals surface area contributed by atoms with Crippen molar-refractivity contribution < 1.29 is 19.0 Å². The van der Waals surface area contributed by atoms with Crippen molar-refractivity contribution >= 4 is 5.97 Å². The number of likely N-dealkylation sites (N-methyl/N-ethyl adjacent to an activating group) is 1. The van der Waals surface area contributed by atoms with Gasteiger partial charge in [-0.05, 0) is 44.9 Å². The van der Waals surface area contributed by atoms with Gasteiger partial charge in [-0.15, -0.1) is 0 Å². The summed E-state index contributed by atoms with van der Waals surface area (Å²) in [6.45, 7) is 4.54. The van der Waals surface area contributed by atoms with E-state index in [1.165, 1.54) is 6.07 Å². The number of unbranched alkanes of at least 4 members (excludes halogenated alkanes) is 1. The minimum atomic E-state index is -0.910. The number of carbonyl (C=O) groups is 1. The molecule has 1 aromatic carbocycles. The highest BCUT2D eigenvalue weighted by molar-refractivity contribution is 5.78. The molecule has 0 fully saturated rings. The van der Waals surface area contributed by atoms with Crippen LogP contribution in [0.1, 0.15) is 33.1 Å². The lowest BCUT2D eigenvalue weighted by molar-refractivity contribution is -0.144. The molecule has 0 saturated heterocycles. The van der Waals surface area contributed by atoms with Gasteiger partial charge in [-0.1, -0.05) is 19.1 Å². The van der Waals surface area contributed by atoms with Gasteiger partial charge in [-0.2, -0.15) is 0 Å². The Morgan fingerprint density at radius 1 is 1.40 bits per heavy atom. The Hall–Kier alpha value is -1.62. The van der Waals surface area contributed by atoms with Crippen molar-refractivity contribution in [1.29, 1.82) is 0 Å². The quantitative estimate of drug-likeness (QED) is 0.684. The molecule has 0 aliphatic rings. The molecule has 0 saturated carbocycles. The predicted octanol–water partition coefficient (Wildman–Crippen LogP) is 2.83. The first-order valence-electron chi connectivity index (χ1n) is 6.85. The number of nitrogens with one attached hydrogen (secondary N) is 1. The number of hydrogen-bond acceptors (Lipinski definition) is 3. The van der Waals surface area contributed by atoms with E-state index < -0.39 is 11.5 Å². The zero-order valence-electron chi connectivity index (χ0n) is 12.0. The number of rotatable bonds is 9. The van der Waals surface area contributed by atoms with E-state index >= 15 is 0 Å². The summed E-state index contributed by atoms with van der Waals surface area (Å²) in [6.07, 6.45) is 1.89. The average molecular weight is 283 g/mol. The standard InChI is InChI=1S/C15H22FNO3/c1-3-17-15(2,14(18)19)10-6-7-11-20-13-9-5-4-8-12(13)16/h4-5,8-9,17H,3,6-7,10-11H2,1-2H3,(H,18,19). The highest BCUT2D eigenvalue weighted by Crippen LogP contribution is 2.17. The first-order chi connectivity index (χ1) is 9.49. The molecule has 1 rings (SSSR count). The molecule has 2 N–H and O–H groups in total. The van der Waals surface area contributed by atoms with E-state index in [1.54, 1.807) is 25.1 Å². The number of ether oxygens (including phenoxy) is 1. The summed E-state index contributed by atoms with van der Waals surface area (Å²) in [4.78, 5) is 11.2. The molecule has 0 bridgehead atoms. The Bertz CT molecular complexity index is 439. The first-order valence-corrected chi connectivity index (χ1v) is 6.85. The molecule has 0 aliphatic heterocycles. The summed E-state index contributed by atoms with van der Waals surface area (Å²) in [5.74, 6) is -0.995. The summed E-state index contributed by atoms with van der Waals surface area (Å²) in [7, 11) is 0. The minimum absolute atomic E-state index is 0.236. The van der Waals surface area contributed by atoms with Crippen molar-refractivity contribution in [3.63, 3.8) is 0 Å². The number of benzene rings is 1. The smallest absolute Gasteiger partial charge is 0.323 e. The maximum atomic E-state index is 13.3. The fourth-order valence-corrected chi connectivity index (χ4v) is 1.99. The largest absolute Gasteiger partial charge is 0.491 e. The van der Waals surface area contributed by atoms with Gasteiger partial charge in [0.25, 0.3) is 0 Å². The first kappa shape index (κ1) is 16.4. The van der Waals surface area contributed by atoms with Crippen molar-refractivity contribution in [2.45, 2.75) is 38.6 Å². The number of halogens is 1. The van der Waals surface area contributed by atoms with Crippen LogP contribution < -0.4 is 10.1 Å². The molecule has 0 spiro atoms. The Kier molecular flexibility index (Phi) is 6.45. The van der Waals surface area contributed by atoms with Crippen LogP contribution >= 0.6 is 0 Å². The van der Waals surface area contributed by atoms with Crippen molar-refractivity contribution in [2.75, 3.05) is 13.2 Å².